The van der Waals surface area contributed by atoms with Gasteiger partial charge in [0.25, 0.3) is 0 Å². The van der Waals surface area contributed by atoms with Crippen molar-refractivity contribution in [2.45, 2.75) is 37.8 Å². The van der Waals surface area contributed by atoms with Crippen LogP contribution in [0.4, 0.5) is 0 Å². The zero-order valence-corrected chi connectivity index (χ0v) is 11.2. The standard InChI is InChI=1S/C14H14ClNO3/c15-11-5-10-7-18-9-19-13(10)12(6-11)14(16-8-17)3-1-2-4-14/h5-6H,1-4,7,9H2. The van der Waals surface area contributed by atoms with Gasteiger partial charge in [0, 0.05) is 16.1 Å². The van der Waals surface area contributed by atoms with Gasteiger partial charge in [-0.3, -0.25) is 0 Å². The van der Waals surface area contributed by atoms with Crippen LogP contribution in [0.3, 0.4) is 0 Å². The summed E-state index contributed by atoms with van der Waals surface area (Å²) in [4.78, 5) is 14.9. The first-order valence-corrected chi connectivity index (χ1v) is 6.75. The Morgan fingerprint density at radius 2 is 2.11 bits per heavy atom. The minimum atomic E-state index is -0.520. The third-order valence-corrected chi connectivity index (χ3v) is 4.08. The summed E-state index contributed by atoms with van der Waals surface area (Å²) in [6.07, 6.45) is 5.47. The van der Waals surface area contributed by atoms with Crippen molar-refractivity contribution in [2.24, 2.45) is 4.99 Å². The lowest BCUT2D eigenvalue weighted by molar-refractivity contribution is -0.0177. The Bertz CT molecular complexity index is 546. The molecular formula is C14H14ClNO3. The molecule has 3 rings (SSSR count). The monoisotopic (exact) mass is 279 g/mol. The number of halogens is 1. The number of aliphatic imine (C=N–C) groups is 1. The quantitative estimate of drug-likeness (QED) is 0.616. The van der Waals surface area contributed by atoms with Gasteiger partial charge in [0.2, 0.25) is 6.08 Å². The fourth-order valence-corrected chi connectivity index (χ4v) is 3.26. The van der Waals surface area contributed by atoms with E-state index in [-0.39, 0.29) is 6.79 Å². The molecule has 0 amide bonds. The Balaban J connectivity index is 2.17. The predicted molar refractivity (Wildman–Crippen MR) is 70.0 cm³/mol. The summed E-state index contributed by atoms with van der Waals surface area (Å²) in [7, 11) is 0. The molecule has 100 valence electrons. The lowest BCUT2D eigenvalue weighted by Crippen LogP contribution is -2.23. The van der Waals surface area contributed by atoms with Gasteiger partial charge in [-0.05, 0) is 25.0 Å². The number of benzene rings is 1. The second-order valence-corrected chi connectivity index (χ2v) is 5.43. The van der Waals surface area contributed by atoms with Gasteiger partial charge in [0.1, 0.15) is 11.3 Å². The number of nitrogens with zero attached hydrogens (tertiary/aromatic N) is 1. The summed E-state index contributed by atoms with van der Waals surface area (Å²) in [5.74, 6) is 0.775. The zero-order valence-electron chi connectivity index (χ0n) is 10.4. The highest BCUT2D eigenvalue weighted by Crippen LogP contribution is 2.48. The van der Waals surface area contributed by atoms with Crippen LogP contribution in [0.5, 0.6) is 5.75 Å². The summed E-state index contributed by atoms with van der Waals surface area (Å²) in [6.45, 7) is 0.701. The molecule has 1 aliphatic carbocycles. The van der Waals surface area contributed by atoms with E-state index in [4.69, 9.17) is 21.1 Å². The lowest BCUT2D eigenvalue weighted by Gasteiger charge is -2.29. The zero-order chi connectivity index (χ0) is 13.3. The third-order valence-electron chi connectivity index (χ3n) is 3.87. The third kappa shape index (κ3) is 2.16. The highest BCUT2D eigenvalue weighted by atomic mass is 35.5. The second kappa shape index (κ2) is 4.97. The Kier molecular flexibility index (Phi) is 3.31. The summed E-state index contributed by atoms with van der Waals surface area (Å²) >= 11 is 6.17. The van der Waals surface area contributed by atoms with Crippen LogP contribution in [0, 0.1) is 0 Å². The van der Waals surface area contributed by atoms with E-state index in [0.29, 0.717) is 11.6 Å². The van der Waals surface area contributed by atoms with Crippen LogP contribution in [0.25, 0.3) is 0 Å². The molecule has 1 aromatic rings. The van der Waals surface area contributed by atoms with Crippen LogP contribution in [-0.2, 0) is 21.7 Å². The lowest BCUT2D eigenvalue weighted by atomic mass is 9.87. The fourth-order valence-electron chi connectivity index (χ4n) is 3.01. The number of hydrogen-bond donors (Lipinski definition) is 0. The maximum Gasteiger partial charge on any atom is 0.235 e. The van der Waals surface area contributed by atoms with Gasteiger partial charge in [-0.25, -0.2) is 4.79 Å². The number of fused-ring (bicyclic) bond motifs is 1. The van der Waals surface area contributed by atoms with Crippen molar-refractivity contribution >= 4 is 17.7 Å². The van der Waals surface area contributed by atoms with Gasteiger partial charge in [-0.2, -0.15) is 4.99 Å². The van der Waals surface area contributed by atoms with Gasteiger partial charge in [-0.15, -0.1) is 0 Å². The van der Waals surface area contributed by atoms with Crippen molar-refractivity contribution in [1.82, 2.24) is 0 Å². The average molecular weight is 280 g/mol. The Labute approximate surface area is 116 Å². The number of hydrogen-bond acceptors (Lipinski definition) is 4. The van der Waals surface area contributed by atoms with E-state index in [2.05, 4.69) is 4.99 Å². The molecule has 0 atom stereocenters. The van der Waals surface area contributed by atoms with E-state index in [0.717, 1.165) is 42.6 Å². The van der Waals surface area contributed by atoms with Gasteiger partial charge in [0.05, 0.1) is 6.61 Å². The normalized spacial score (nSPS) is 20.3. The maximum absolute atomic E-state index is 10.8. The topological polar surface area (TPSA) is 47.9 Å². The molecule has 1 saturated carbocycles. The number of carbonyl (C=O) groups excluding carboxylic acids is 1. The van der Waals surface area contributed by atoms with E-state index in [1.54, 1.807) is 6.08 Å². The van der Waals surface area contributed by atoms with Gasteiger partial charge >= 0.3 is 0 Å². The molecule has 0 N–H and O–H groups in total. The molecule has 1 fully saturated rings. The average Bonchev–Trinajstić information content (AvgIpc) is 2.88. The van der Waals surface area contributed by atoms with Crippen LogP contribution in [-0.4, -0.2) is 12.9 Å². The molecule has 0 bridgehead atoms. The molecule has 19 heavy (non-hydrogen) atoms. The minimum Gasteiger partial charge on any atom is -0.467 e. The molecule has 1 aromatic carbocycles. The summed E-state index contributed by atoms with van der Waals surface area (Å²) in [5, 5.41) is 0.621. The van der Waals surface area contributed by atoms with Crippen molar-refractivity contribution < 1.29 is 14.3 Å². The van der Waals surface area contributed by atoms with Crippen LogP contribution in [0.15, 0.2) is 17.1 Å². The van der Waals surface area contributed by atoms with E-state index in [9.17, 15) is 4.79 Å². The summed E-state index contributed by atoms with van der Waals surface area (Å²) < 4.78 is 10.9. The number of isocyanates is 1. The first-order valence-electron chi connectivity index (χ1n) is 6.38. The molecule has 1 aliphatic heterocycles. The summed E-state index contributed by atoms with van der Waals surface area (Å²) in [5.41, 5.74) is 1.30. The van der Waals surface area contributed by atoms with Gasteiger partial charge in [0.15, 0.2) is 6.79 Å². The highest BCUT2D eigenvalue weighted by Gasteiger charge is 2.39. The predicted octanol–water partition coefficient (Wildman–Crippen LogP) is 3.31. The Morgan fingerprint density at radius 1 is 1.32 bits per heavy atom. The van der Waals surface area contributed by atoms with E-state index < -0.39 is 5.54 Å². The van der Waals surface area contributed by atoms with E-state index >= 15 is 0 Å². The first-order chi connectivity index (χ1) is 9.25. The van der Waals surface area contributed by atoms with Crippen molar-refractivity contribution in [3.05, 3.63) is 28.3 Å². The Morgan fingerprint density at radius 3 is 2.84 bits per heavy atom. The molecule has 0 spiro atoms. The SMILES string of the molecule is O=C=NC1(c2cc(Cl)cc3c2OCOC3)CCCC1. The molecule has 1 heterocycles. The molecule has 0 unspecified atom stereocenters. The highest BCUT2D eigenvalue weighted by molar-refractivity contribution is 6.30. The van der Waals surface area contributed by atoms with Crippen molar-refractivity contribution in [1.29, 1.82) is 0 Å². The minimum absolute atomic E-state index is 0.225. The number of ether oxygens (including phenoxy) is 2. The van der Waals surface area contributed by atoms with E-state index in [1.807, 2.05) is 12.1 Å². The molecule has 0 radical (unpaired) electrons. The van der Waals surface area contributed by atoms with Crippen molar-refractivity contribution in [2.75, 3.05) is 6.79 Å². The first kappa shape index (κ1) is 12.7. The maximum atomic E-state index is 10.8. The van der Waals surface area contributed by atoms with Gasteiger partial charge < -0.3 is 9.47 Å². The number of rotatable bonds is 2. The van der Waals surface area contributed by atoms with Crippen LogP contribution < -0.4 is 4.74 Å². The molecule has 4 nitrogen and oxygen atoms in total. The molecular weight excluding hydrogens is 266 g/mol. The Hall–Kier alpha value is -1.35. The van der Waals surface area contributed by atoms with Crippen LogP contribution in [0.2, 0.25) is 5.02 Å². The van der Waals surface area contributed by atoms with Crippen LogP contribution in [0.1, 0.15) is 36.8 Å². The van der Waals surface area contributed by atoms with Crippen molar-refractivity contribution in [3.63, 3.8) is 0 Å². The smallest absolute Gasteiger partial charge is 0.235 e. The molecule has 5 heteroatoms. The fraction of sp³-hybridized carbons (Fsp3) is 0.500. The molecule has 2 aliphatic rings. The largest absolute Gasteiger partial charge is 0.467 e. The second-order valence-electron chi connectivity index (χ2n) is 4.99. The van der Waals surface area contributed by atoms with Gasteiger partial charge in [-0.1, -0.05) is 24.4 Å². The molecule has 0 saturated heterocycles. The summed E-state index contributed by atoms with van der Waals surface area (Å²) in [6, 6.07) is 3.70. The van der Waals surface area contributed by atoms with Crippen LogP contribution >= 0.6 is 11.6 Å². The van der Waals surface area contributed by atoms with Crippen molar-refractivity contribution in [3.8, 4) is 5.75 Å². The molecule has 0 aromatic heterocycles. The van der Waals surface area contributed by atoms with E-state index in [1.165, 1.54) is 0 Å².